The van der Waals surface area contributed by atoms with Gasteiger partial charge in [-0.05, 0) is 45.6 Å². The molecule has 0 aromatic carbocycles. The fourth-order valence-electron chi connectivity index (χ4n) is 2.54. The van der Waals surface area contributed by atoms with Crippen LogP contribution in [0.25, 0.3) is 0 Å². The van der Waals surface area contributed by atoms with Crippen molar-refractivity contribution in [3.63, 3.8) is 0 Å². The predicted octanol–water partition coefficient (Wildman–Crippen LogP) is 1.49. The largest absolute Gasteiger partial charge is 0.381 e. The Balaban J connectivity index is 1.57. The topological polar surface area (TPSA) is 24.5 Å². The second kappa shape index (κ2) is 5.99. The van der Waals surface area contributed by atoms with E-state index in [2.05, 4.69) is 24.2 Å². The Hall–Kier alpha value is -0.120. The molecule has 1 heterocycles. The summed E-state index contributed by atoms with van der Waals surface area (Å²) in [5.41, 5.74) is 0. The van der Waals surface area contributed by atoms with E-state index in [1.807, 2.05) is 0 Å². The standard InChI is InChI=1S/C13H26N2O/c1-11(12-3-4-12)14-7-8-15(2)13-5-9-16-10-6-13/h11-14H,3-10H2,1-2H3. The van der Waals surface area contributed by atoms with E-state index in [1.165, 1.54) is 32.2 Å². The van der Waals surface area contributed by atoms with Gasteiger partial charge in [0.05, 0.1) is 0 Å². The van der Waals surface area contributed by atoms with Gasteiger partial charge in [0.2, 0.25) is 0 Å². The molecule has 0 bridgehead atoms. The molecule has 1 aliphatic heterocycles. The smallest absolute Gasteiger partial charge is 0.0480 e. The van der Waals surface area contributed by atoms with Crippen molar-refractivity contribution in [2.75, 3.05) is 33.4 Å². The normalized spacial score (nSPS) is 24.9. The van der Waals surface area contributed by atoms with Crippen LogP contribution in [0.1, 0.15) is 32.6 Å². The van der Waals surface area contributed by atoms with E-state index in [-0.39, 0.29) is 0 Å². The first-order valence-electron chi connectivity index (χ1n) is 6.78. The molecule has 1 atom stereocenters. The molecule has 16 heavy (non-hydrogen) atoms. The number of ether oxygens (including phenoxy) is 1. The van der Waals surface area contributed by atoms with Crippen LogP contribution in [0.15, 0.2) is 0 Å². The molecule has 3 nitrogen and oxygen atoms in total. The molecule has 0 spiro atoms. The van der Waals surface area contributed by atoms with Crippen LogP contribution in [0, 0.1) is 5.92 Å². The van der Waals surface area contributed by atoms with Crippen LogP contribution in [-0.4, -0.2) is 50.3 Å². The lowest BCUT2D eigenvalue weighted by Crippen LogP contribution is -2.42. The minimum Gasteiger partial charge on any atom is -0.381 e. The number of nitrogens with one attached hydrogen (secondary N) is 1. The molecule has 1 unspecified atom stereocenters. The summed E-state index contributed by atoms with van der Waals surface area (Å²) >= 11 is 0. The molecule has 1 saturated carbocycles. The molecule has 0 radical (unpaired) electrons. The van der Waals surface area contributed by atoms with E-state index >= 15 is 0 Å². The molecule has 2 aliphatic rings. The Morgan fingerprint density at radius 1 is 1.25 bits per heavy atom. The monoisotopic (exact) mass is 226 g/mol. The number of rotatable bonds is 6. The number of hydrogen-bond donors (Lipinski definition) is 1. The molecule has 94 valence electrons. The first-order chi connectivity index (χ1) is 7.77. The fourth-order valence-corrected chi connectivity index (χ4v) is 2.54. The van der Waals surface area contributed by atoms with Crippen LogP contribution in [0.3, 0.4) is 0 Å². The van der Waals surface area contributed by atoms with E-state index in [1.54, 1.807) is 0 Å². The summed E-state index contributed by atoms with van der Waals surface area (Å²) in [6.07, 6.45) is 5.28. The van der Waals surface area contributed by atoms with Crippen LogP contribution in [0.2, 0.25) is 0 Å². The van der Waals surface area contributed by atoms with Crippen molar-refractivity contribution in [2.45, 2.75) is 44.7 Å². The summed E-state index contributed by atoms with van der Waals surface area (Å²) in [6, 6.07) is 1.47. The van der Waals surface area contributed by atoms with Crippen LogP contribution >= 0.6 is 0 Å². The SMILES string of the molecule is CC(NCCN(C)C1CCOCC1)C1CC1. The third kappa shape index (κ3) is 3.72. The van der Waals surface area contributed by atoms with Crippen molar-refractivity contribution in [1.82, 2.24) is 10.2 Å². The third-order valence-corrected chi connectivity index (χ3v) is 4.07. The van der Waals surface area contributed by atoms with Crippen molar-refractivity contribution >= 4 is 0 Å². The summed E-state index contributed by atoms with van der Waals surface area (Å²) < 4.78 is 5.39. The van der Waals surface area contributed by atoms with Gasteiger partial charge >= 0.3 is 0 Å². The van der Waals surface area contributed by atoms with Crippen LogP contribution < -0.4 is 5.32 Å². The Kier molecular flexibility index (Phi) is 4.62. The number of nitrogens with zero attached hydrogens (tertiary/aromatic N) is 1. The Labute approximate surface area is 99.5 Å². The highest BCUT2D eigenvalue weighted by atomic mass is 16.5. The van der Waals surface area contributed by atoms with E-state index < -0.39 is 0 Å². The lowest BCUT2D eigenvalue weighted by atomic mass is 10.1. The van der Waals surface area contributed by atoms with Crippen molar-refractivity contribution in [3.8, 4) is 0 Å². The minimum atomic E-state index is 0.725. The zero-order chi connectivity index (χ0) is 11.4. The van der Waals surface area contributed by atoms with E-state index in [0.29, 0.717) is 0 Å². The lowest BCUT2D eigenvalue weighted by Gasteiger charge is -2.31. The van der Waals surface area contributed by atoms with Crippen molar-refractivity contribution < 1.29 is 4.74 Å². The summed E-state index contributed by atoms with van der Waals surface area (Å²) in [5, 5.41) is 3.64. The van der Waals surface area contributed by atoms with Crippen molar-refractivity contribution in [1.29, 1.82) is 0 Å². The highest BCUT2D eigenvalue weighted by Gasteiger charge is 2.27. The molecule has 1 aliphatic carbocycles. The average Bonchev–Trinajstić information content (AvgIpc) is 3.14. The first kappa shape index (κ1) is 12.3. The molecule has 3 heteroatoms. The van der Waals surface area contributed by atoms with E-state index in [9.17, 15) is 0 Å². The molecule has 2 rings (SSSR count). The van der Waals surface area contributed by atoms with E-state index in [0.717, 1.165) is 37.8 Å². The maximum absolute atomic E-state index is 5.39. The van der Waals surface area contributed by atoms with Gasteiger partial charge in [-0.3, -0.25) is 0 Å². The number of hydrogen-bond acceptors (Lipinski definition) is 3. The molecule has 1 saturated heterocycles. The van der Waals surface area contributed by atoms with Crippen molar-refractivity contribution in [2.24, 2.45) is 5.92 Å². The summed E-state index contributed by atoms with van der Waals surface area (Å²) in [5.74, 6) is 0.966. The molecule has 0 aromatic heterocycles. The first-order valence-corrected chi connectivity index (χ1v) is 6.78. The van der Waals surface area contributed by atoms with E-state index in [4.69, 9.17) is 4.74 Å². The maximum atomic E-state index is 5.39. The van der Waals surface area contributed by atoms with Gasteiger partial charge in [0.1, 0.15) is 0 Å². The van der Waals surface area contributed by atoms with Gasteiger partial charge in [-0.1, -0.05) is 0 Å². The Bertz CT molecular complexity index is 200. The highest BCUT2D eigenvalue weighted by Crippen LogP contribution is 2.32. The quantitative estimate of drug-likeness (QED) is 0.742. The molecule has 1 N–H and O–H groups in total. The summed E-state index contributed by atoms with van der Waals surface area (Å²) in [4.78, 5) is 2.50. The lowest BCUT2D eigenvalue weighted by molar-refractivity contribution is 0.0432. The molecular weight excluding hydrogens is 200 g/mol. The highest BCUT2D eigenvalue weighted by molar-refractivity contribution is 4.83. The van der Waals surface area contributed by atoms with Crippen LogP contribution in [0.5, 0.6) is 0 Å². The zero-order valence-electron chi connectivity index (χ0n) is 10.7. The molecule has 0 aromatic rings. The van der Waals surface area contributed by atoms with Gasteiger partial charge in [-0.25, -0.2) is 0 Å². The van der Waals surface area contributed by atoms with Gasteiger partial charge in [-0.15, -0.1) is 0 Å². The minimum absolute atomic E-state index is 0.725. The second-order valence-corrected chi connectivity index (χ2v) is 5.40. The average molecular weight is 226 g/mol. The van der Waals surface area contributed by atoms with Crippen LogP contribution in [-0.2, 0) is 4.74 Å². The Morgan fingerprint density at radius 3 is 2.56 bits per heavy atom. The summed E-state index contributed by atoms with van der Waals surface area (Å²) in [6.45, 7) is 6.52. The van der Waals surface area contributed by atoms with Gasteiger partial charge in [-0.2, -0.15) is 0 Å². The van der Waals surface area contributed by atoms with Crippen molar-refractivity contribution in [3.05, 3.63) is 0 Å². The number of likely N-dealkylation sites (N-methyl/N-ethyl adjacent to an activating group) is 1. The third-order valence-electron chi connectivity index (χ3n) is 4.07. The van der Waals surface area contributed by atoms with Gasteiger partial charge in [0.25, 0.3) is 0 Å². The summed E-state index contributed by atoms with van der Waals surface area (Å²) in [7, 11) is 2.25. The van der Waals surface area contributed by atoms with Gasteiger partial charge in [0.15, 0.2) is 0 Å². The predicted molar refractivity (Wildman–Crippen MR) is 66.7 cm³/mol. The van der Waals surface area contributed by atoms with Crippen LogP contribution in [0.4, 0.5) is 0 Å². The zero-order valence-corrected chi connectivity index (χ0v) is 10.7. The second-order valence-electron chi connectivity index (χ2n) is 5.40. The molecular formula is C13H26N2O. The molecule has 2 fully saturated rings. The van der Waals surface area contributed by atoms with Gasteiger partial charge < -0.3 is 15.0 Å². The Morgan fingerprint density at radius 2 is 1.94 bits per heavy atom. The molecule has 0 amide bonds. The maximum Gasteiger partial charge on any atom is 0.0480 e. The fraction of sp³-hybridized carbons (Fsp3) is 1.00. The van der Waals surface area contributed by atoms with Gasteiger partial charge in [0, 0.05) is 38.4 Å².